The molecule has 0 spiro atoms. The van der Waals surface area contributed by atoms with Crippen molar-refractivity contribution in [1.29, 1.82) is 0 Å². The predicted molar refractivity (Wildman–Crippen MR) is 62.8 cm³/mol. The Morgan fingerprint density at radius 2 is 1.54 bits per heavy atom. The standard InChI is InChI=1S/C9H9Cl.CH2Cl2/c10-8-4-7-9-5-2-1-3-6-9;2-1-3/h1-7H,8H2;1H2. The number of hydrogen-bond acceptors (Lipinski definition) is 0. The van der Waals surface area contributed by atoms with Crippen LogP contribution in [0.2, 0.25) is 0 Å². The third kappa shape index (κ3) is 8.17. The topological polar surface area (TPSA) is 0 Å². The Kier molecular flexibility index (Phi) is 9.78. The number of hydrogen-bond donors (Lipinski definition) is 0. The van der Waals surface area contributed by atoms with Crippen molar-refractivity contribution >= 4 is 40.9 Å². The molecule has 13 heavy (non-hydrogen) atoms. The summed E-state index contributed by atoms with van der Waals surface area (Å²) in [7, 11) is 0. The van der Waals surface area contributed by atoms with Crippen molar-refractivity contribution in [3.8, 4) is 0 Å². The van der Waals surface area contributed by atoms with Gasteiger partial charge in [0.15, 0.2) is 0 Å². The highest BCUT2D eigenvalue weighted by Gasteiger charge is 1.79. The van der Waals surface area contributed by atoms with Gasteiger partial charge in [-0.2, -0.15) is 0 Å². The molecule has 0 aromatic heterocycles. The monoisotopic (exact) mass is 236 g/mol. The van der Waals surface area contributed by atoms with E-state index in [4.69, 9.17) is 34.8 Å². The summed E-state index contributed by atoms with van der Waals surface area (Å²) in [4.78, 5) is 0. The summed E-state index contributed by atoms with van der Waals surface area (Å²) in [6.45, 7) is 0. The summed E-state index contributed by atoms with van der Waals surface area (Å²) in [5, 5.41) is 0.194. The van der Waals surface area contributed by atoms with E-state index in [1.807, 2.05) is 42.5 Å². The first-order chi connectivity index (χ1) is 6.35. The lowest BCUT2D eigenvalue weighted by atomic mass is 10.2. The molecule has 3 heteroatoms. The van der Waals surface area contributed by atoms with Crippen molar-refractivity contribution in [2.24, 2.45) is 0 Å². The van der Waals surface area contributed by atoms with Gasteiger partial charge in [-0.25, -0.2) is 0 Å². The van der Waals surface area contributed by atoms with Crippen LogP contribution in [0.15, 0.2) is 36.4 Å². The molecule has 0 N–H and O–H groups in total. The van der Waals surface area contributed by atoms with Gasteiger partial charge < -0.3 is 0 Å². The lowest BCUT2D eigenvalue weighted by Crippen LogP contribution is -1.67. The summed E-state index contributed by atoms with van der Waals surface area (Å²) >= 11 is 15.0. The molecule has 0 heterocycles. The first-order valence-corrected chi connectivity index (χ1v) is 5.35. The molecule has 0 bridgehead atoms. The van der Waals surface area contributed by atoms with Gasteiger partial charge >= 0.3 is 0 Å². The normalized spacial score (nSPS) is 9.46. The average Bonchev–Trinajstić information content (AvgIpc) is 2.18. The summed E-state index contributed by atoms with van der Waals surface area (Å²) in [6.07, 6.45) is 3.93. The Balaban J connectivity index is 0.000000424. The molecule has 0 fully saturated rings. The maximum absolute atomic E-state index is 5.46. The smallest absolute Gasteiger partial charge is 0.0967 e. The van der Waals surface area contributed by atoms with Crippen LogP contribution in [0.5, 0.6) is 0 Å². The van der Waals surface area contributed by atoms with E-state index in [1.165, 1.54) is 5.56 Å². The SMILES string of the molecule is ClCC=Cc1ccccc1.ClCCl. The molecule has 0 aliphatic heterocycles. The largest absolute Gasteiger partial charge is 0.122 e. The second-order valence-corrected chi connectivity index (χ2v) is 3.19. The van der Waals surface area contributed by atoms with Crippen LogP contribution in [0.25, 0.3) is 6.08 Å². The molecule has 1 aromatic carbocycles. The number of halogens is 3. The molecule has 0 saturated heterocycles. The molecular weight excluding hydrogens is 226 g/mol. The van der Waals surface area contributed by atoms with Crippen molar-refractivity contribution in [3.05, 3.63) is 42.0 Å². The summed E-state index contributed by atoms with van der Waals surface area (Å²) in [5.74, 6) is 0.578. The van der Waals surface area contributed by atoms with Crippen LogP contribution in [0.3, 0.4) is 0 Å². The molecule has 0 radical (unpaired) electrons. The molecule has 0 nitrogen and oxygen atoms in total. The zero-order valence-corrected chi connectivity index (χ0v) is 9.36. The lowest BCUT2D eigenvalue weighted by Gasteiger charge is -1.87. The molecule has 0 unspecified atom stereocenters. The van der Waals surface area contributed by atoms with Crippen LogP contribution >= 0.6 is 34.8 Å². The van der Waals surface area contributed by atoms with Crippen molar-refractivity contribution in [2.45, 2.75) is 0 Å². The van der Waals surface area contributed by atoms with E-state index in [0.717, 1.165) is 0 Å². The van der Waals surface area contributed by atoms with E-state index in [2.05, 4.69) is 0 Å². The van der Waals surface area contributed by atoms with E-state index in [-0.39, 0.29) is 5.34 Å². The molecule has 0 atom stereocenters. The van der Waals surface area contributed by atoms with Gasteiger partial charge in [-0.05, 0) is 5.56 Å². The Morgan fingerprint density at radius 1 is 1.00 bits per heavy atom. The van der Waals surface area contributed by atoms with Gasteiger partial charge in [0, 0.05) is 5.88 Å². The molecule has 0 aliphatic rings. The van der Waals surface area contributed by atoms with Crippen LogP contribution in [0.1, 0.15) is 5.56 Å². The Hall–Kier alpha value is -0.170. The second-order valence-electron chi connectivity index (χ2n) is 2.07. The van der Waals surface area contributed by atoms with Crippen LogP contribution < -0.4 is 0 Å². The van der Waals surface area contributed by atoms with E-state index >= 15 is 0 Å². The van der Waals surface area contributed by atoms with E-state index in [1.54, 1.807) is 0 Å². The van der Waals surface area contributed by atoms with Crippen molar-refractivity contribution in [3.63, 3.8) is 0 Å². The average molecular weight is 238 g/mol. The highest BCUT2D eigenvalue weighted by atomic mass is 35.5. The minimum Gasteiger partial charge on any atom is -0.122 e. The molecule has 1 rings (SSSR count). The molecule has 1 aromatic rings. The third-order valence-electron chi connectivity index (χ3n) is 1.20. The fourth-order valence-electron chi connectivity index (χ4n) is 0.745. The Labute approximate surface area is 94.1 Å². The third-order valence-corrected chi connectivity index (χ3v) is 1.38. The molecule has 0 saturated carbocycles. The molecule has 0 aliphatic carbocycles. The first-order valence-electron chi connectivity index (χ1n) is 3.74. The first kappa shape index (κ1) is 12.8. The lowest BCUT2D eigenvalue weighted by molar-refractivity contribution is 1.65. The van der Waals surface area contributed by atoms with Gasteiger partial charge in [-0.1, -0.05) is 42.5 Å². The zero-order valence-electron chi connectivity index (χ0n) is 7.09. The summed E-state index contributed by atoms with van der Waals surface area (Å²) < 4.78 is 0. The highest BCUT2D eigenvalue weighted by molar-refractivity contribution is 6.40. The Bertz CT molecular complexity index is 219. The fourth-order valence-corrected chi connectivity index (χ4v) is 0.834. The van der Waals surface area contributed by atoms with E-state index in [9.17, 15) is 0 Å². The van der Waals surface area contributed by atoms with E-state index < -0.39 is 0 Å². The van der Waals surface area contributed by atoms with Crippen molar-refractivity contribution < 1.29 is 0 Å². The highest BCUT2D eigenvalue weighted by Crippen LogP contribution is 2.00. The minimum atomic E-state index is 0.194. The van der Waals surface area contributed by atoms with Gasteiger partial charge in [0.05, 0.1) is 5.34 Å². The quantitative estimate of drug-likeness (QED) is 0.671. The fraction of sp³-hybridized carbons (Fsp3) is 0.200. The summed E-state index contributed by atoms with van der Waals surface area (Å²) in [5.41, 5.74) is 1.20. The van der Waals surface area contributed by atoms with E-state index in [0.29, 0.717) is 5.88 Å². The van der Waals surface area contributed by atoms with Gasteiger partial charge in [0.1, 0.15) is 0 Å². The van der Waals surface area contributed by atoms with Gasteiger partial charge in [-0.15, -0.1) is 34.8 Å². The second kappa shape index (κ2) is 9.91. The number of allylic oxidation sites excluding steroid dienone is 1. The van der Waals surface area contributed by atoms with Gasteiger partial charge in [0.2, 0.25) is 0 Å². The number of alkyl halides is 3. The number of benzene rings is 1. The number of rotatable bonds is 2. The maximum Gasteiger partial charge on any atom is 0.0967 e. The zero-order chi connectivity index (χ0) is 9.94. The van der Waals surface area contributed by atoms with Crippen molar-refractivity contribution in [2.75, 3.05) is 11.2 Å². The van der Waals surface area contributed by atoms with Crippen LogP contribution in [-0.2, 0) is 0 Å². The van der Waals surface area contributed by atoms with Crippen molar-refractivity contribution in [1.82, 2.24) is 0 Å². The van der Waals surface area contributed by atoms with Crippen LogP contribution in [-0.4, -0.2) is 11.2 Å². The van der Waals surface area contributed by atoms with Gasteiger partial charge in [-0.3, -0.25) is 0 Å². The maximum atomic E-state index is 5.46. The summed E-state index contributed by atoms with van der Waals surface area (Å²) in [6, 6.07) is 10.1. The van der Waals surface area contributed by atoms with Crippen LogP contribution in [0.4, 0.5) is 0 Å². The molecule has 72 valence electrons. The minimum absolute atomic E-state index is 0.194. The van der Waals surface area contributed by atoms with Gasteiger partial charge in [0.25, 0.3) is 0 Å². The Morgan fingerprint density at radius 3 is 2.00 bits per heavy atom. The predicted octanol–water partition coefficient (Wildman–Crippen LogP) is 4.36. The van der Waals surface area contributed by atoms with Crippen LogP contribution in [0, 0.1) is 0 Å². The molecule has 0 amide bonds. The molecular formula is C10H11Cl3.